The van der Waals surface area contributed by atoms with Crippen LogP contribution in [0, 0.1) is 0 Å². The summed E-state index contributed by atoms with van der Waals surface area (Å²) in [5.74, 6) is 0. The normalized spacial score (nSPS) is 10.1. The molecule has 0 saturated heterocycles. The van der Waals surface area contributed by atoms with Gasteiger partial charge < -0.3 is 5.73 Å². The molecule has 0 saturated carbocycles. The maximum Gasteiger partial charge on any atom is 0.240 e. The first-order valence-corrected chi connectivity index (χ1v) is 4.41. The number of aliphatic imine (C=N–C) groups is 1. The Morgan fingerprint density at radius 3 is 3.07 bits per heavy atom. The van der Waals surface area contributed by atoms with Crippen LogP contribution in [0.2, 0.25) is 0 Å². The Morgan fingerprint density at radius 1 is 1.50 bits per heavy atom. The second-order valence-corrected chi connectivity index (χ2v) is 2.78. The van der Waals surface area contributed by atoms with Crippen LogP contribution in [0.4, 0.5) is 5.69 Å². The minimum absolute atomic E-state index is 0.620. The van der Waals surface area contributed by atoms with E-state index in [1.54, 1.807) is 6.07 Å². The first-order valence-electron chi connectivity index (χ1n) is 4.41. The summed E-state index contributed by atoms with van der Waals surface area (Å²) >= 11 is 0. The molecule has 1 aromatic rings. The molecule has 1 aromatic carbocycles. The molecule has 3 nitrogen and oxygen atoms in total. The zero-order valence-corrected chi connectivity index (χ0v) is 7.81. The Hall–Kier alpha value is -1.70. The average molecular weight is 188 g/mol. The van der Waals surface area contributed by atoms with E-state index in [4.69, 9.17) is 5.73 Å². The number of rotatable bonds is 4. The Kier molecular flexibility index (Phi) is 4.35. The average Bonchev–Trinajstić information content (AvgIpc) is 2.19. The highest BCUT2D eigenvalue weighted by Gasteiger charge is 1.89. The van der Waals surface area contributed by atoms with E-state index in [0.29, 0.717) is 12.2 Å². The van der Waals surface area contributed by atoms with Crippen molar-refractivity contribution in [3.63, 3.8) is 0 Å². The van der Waals surface area contributed by atoms with Gasteiger partial charge in [-0.15, -0.1) is 0 Å². The van der Waals surface area contributed by atoms with Crippen LogP contribution in [0.1, 0.15) is 12.0 Å². The molecule has 0 radical (unpaired) electrons. The molecular formula is C11H12N2O. The predicted octanol–water partition coefficient (Wildman–Crippen LogP) is 2.02. The molecule has 0 aromatic heterocycles. The zero-order chi connectivity index (χ0) is 10.2. The van der Waals surface area contributed by atoms with Crippen molar-refractivity contribution in [2.75, 3.05) is 6.54 Å². The smallest absolute Gasteiger partial charge is 0.240 e. The lowest BCUT2D eigenvalue weighted by atomic mass is 10.2. The monoisotopic (exact) mass is 188 g/mol. The molecule has 0 atom stereocenters. The van der Waals surface area contributed by atoms with Gasteiger partial charge in [-0.1, -0.05) is 24.3 Å². The van der Waals surface area contributed by atoms with Gasteiger partial charge in [0.15, 0.2) is 0 Å². The Bertz CT molecular complexity index is 365. The number of nitrogens with two attached hydrogens (primary N) is 1. The van der Waals surface area contributed by atoms with E-state index in [-0.39, 0.29) is 0 Å². The van der Waals surface area contributed by atoms with Crippen molar-refractivity contribution >= 4 is 17.8 Å². The summed E-state index contributed by atoms with van der Waals surface area (Å²) in [4.78, 5) is 13.6. The van der Waals surface area contributed by atoms with Gasteiger partial charge in [0, 0.05) is 0 Å². The third-order valence-electron chi connectivity index (χ3n) is 1.69. The molecular weight excluding hydrogens is 176 g/mol. The fraction of sp³-hybridized carbons (Fsp3) is 0.182. The molecule has 1 rings (SSSR count). The summed E-state index contributed by atoms with van der Waals surface area (Å²) in [5, 5.41) is 0. The first-order chi connectivity index (χ1) is 6.86. The van der Waals surface area contributed by atoms with Crippen LogP contribution >= 0.6 is 0 Å². The van der Waals surface area contributed by atoms with Crippen molar-refractivity contribution in [2.24, 2.45) is 10.7 Å². The zero-order valence-electron chi connectivity index (χ0n) is 7.81. The van der Waals surface area contributed by atoms with E-state index < -0.39 is 0 Å². The summed E-state index contributed by atoms with van der Waals surface area (Å²) in [5.41, 5.74) is 6.98. The summed E-state index contributed by atoms with van der Waals surface area (Å²) < 4.78 is 0. The van der Waals surface area contributed by atoms with Crippen LogP contribution in [0.25, 0.3) is 6.08 Å². The fourth-order valence-corrected chi connectivity index (χ4v) is 1.07. The molecule has 0 aliphatic heterocycles. The van der Waals surface area contributed by atoms with Crippen molar-refractivity contribution in [1.82, 2.24) is 0 Å². The van der Waals surface area contributed by atoms with Gasteiger partial charge in [0.1, 0.15) is 0 Å². The highest BCUT2D eigenvalue weighted by atomic mass is 16.1. The summed E-state index contributed by atoms with van der Waals surface area (Å²) in [7, 11) is 0. The number of hydrogen-bond acceptors (Lipinski definition) is 3. The van der Waals surface area contributed by atoms with Crippen molar-refractivity contribution in [3.05, 3.63) is 35.9 Å². The van der Waals surface area contributed by atoms with Gasteiger partial charge in [0.25, 0.3) is 0 Å². The largest absolute Gasteiger partial charge is 0.330 e. The maximum absolute atomic E-state index is 10.0. The molecule has 0 unspecified atom stereocenters. The SMILES string of the molecule is NCCC=Cc1cccc(N=C=O)c1. The number of benzene rings is 1. The highest BCUT2D eigenvalue weighted by molar-refractivity contribution is 5.57. The highest BCUT2D eigenvalue weighted by Crippen LogP contribution is 2.14. The third kappa shape index (κ3) is 3.35. The van der Waals surface area contributed by atoms with E-state index in [0.717, 1.165) is 12.0 Å². The number of nitrogens with zero attached hydrogens (tertiary/aromatic N) is 1. The summed E-state index contributed by atoms with van der Waals surface area (Å²) in [6.07, 6.45) is 6.30. The molecule has 0 spiro atoms. The Balaban J connectivity index is 2.77. The third-order valence-corrected chi connectivity index (χ3v) is 1.69. The first kappa shape index (κ1) is 10.4. The van der Waals surface area contributed by atoms with Gasteiger partial charge in [-0.3, -0.25) is 0 Å². The van der Waals surface area contributed by atoms with E-state index in [1.165, 1.54) is 6.08 Å². The lowest BCUT2D eigenvalue weighted by Crippen LogP contribution is -1.94. The summed E-state index contributed by atoms with van der Waals surface area (Å²) in [6, 6.07) is 7.36. The molecule has 0 heterocycles. The second kappa shape index (κ2) is 5.86. The van der Waals surface area contributed by atoms with Crippen LogP contribution in [0.3, 0.4) is 0 Å². The minimum atomic E-state index is 0.620. The fourth-order valence-electron chi connectivity index (χ4n) is 1.07. The second-order valence-electron chi connectivity index (χ2n) is 2.78. The van der Waals surface area contributed by atoms with Gasteiger partial charge in [-0.05, 0) is 30.7 Å². The predicted molar refractivity (Wildman–Crippen MR) is 56.9 cm³/mol. The van der Waals surface area contributed by atoms with E-state index in [1.807, 2.05) is 30.4 Å². The van der Waals surface area contributed by atoms with Gasteiger partial charge >= 0.3 is 0 Å². The summed E-state index contributed by atoms with van der Waals surface area (Å²) in [6.45, 7) is 0.642. The van der Waals surface area contributed by atoms with Crippen LogP contribution in [-0.2, 0) is 4.79 Å². The van der Waals surface area contributed by atoms with Gasteiger partial charge in [0.05, 0.1) is 5.69 Å². The van der Waals surface area contributed by atoms with Crippen LogP contribution < -0.4 is 5.73 Å². The van der Waals surface area contributed by atoms with E-state index in [9.17, 15) is 4.79 Å². The van der Waals surface area contributed by atoms with Gasteiger partial charge in [-0.2, -0.15) is 4.99 Å². The van der Waals surface area contributed by atoms with Crippen molar-refractivity contribution in [2.45, 2.75) is 6.42 Å². The molecule has 0 aliphatic rings. The molecule has 3 heteroatoms. The van der Waals surface area contributed by atoms with E-state index in [2.05, 4.69) is 4.99 Å². The van der Waals surface area contributed by atoms with Crippen LogP contribution in [0.15, 0.2) is 35.3 Å². The number of carbonyl (C=O) groups excluding carboxylic acids is 1. The molecule has 14 heavy (non-hydrogen) atoms. The Morgan fingerprint density at radius 2 is 2.36 bits per heavy atom. The van der Waals surface area contributed by atoms with E-state index >= 15 is 0 Å². The molecule has 2 N–H and O–H groups in total. The van der Waals surface area contributed by atoms with Gasteiger partial charge in [0.2, 0.25) is 6.08 Å². The van der Waals surface area contributed by atoms with Crippen molar-refractivity contribution < 1.29 is 4.79 Å². The molecule has 0 bridgehead atoms. The number of hydrogen-bond donors (Lipinski definition) is 1. The Labute approximate surface area is 83.0 Å². The molecule has 72 valence electrons. The maximum atomic E-state index is 10.0. The van der Waals surface area contributed by atoms with Crippen LogP contribution in [0.5, 0.6) is 0 Å². The quantitative estimate of drug-likeness (QED) is 0.580. The number of isocyanates is 1. The minimum Gasteiger partial charge on any atom is -0.330 e. The van der Waals surface area contributed by atoms with Gasteiger partial charge in [-0.25, -0.2) is 4.79 Å². The van der Waals surface area contributed by atoms with Crippen molar-refractivity contribution in [3.8, 4) is 0 Å². The van der Waals surface area contributed by atoms with Crippen LogP contribution in [-0.4, -0.2) is 12.6 Å². The van der Waals surface area contributed by atoms with Crippen molar-refractivity contribution in [1.29, 1.82) is 0 Å². The molecule has 0 amide bonds. The topological polar surface area (TPSA) is 55.4 Å². The molecule has 0 fully saturated rings. The lowest BCUT2D eigenvalue weighted by molar-refractivity contribution is 0.565. The molecule has 0 aliphatic carbocycles. The lowest BCUT2D eigenvalue weighted by Gasteiger charge is -1.94. The standard InChI is InChI=1S/C11H12N2O/c12-7-2-1-4-10-5-3-6-11(8-10)13-9-14/h1,3-6,8H,2,7,12H2.